The third kappa shape index (κ3) is 4.69. The first-order valence-electron chi connectivity index (χ1n) is 7.84. The Bertz CT molecular complexity index is 363. The number of nitrogens with one attached hydrogen (secondary N) is 2. The van der Waals surface area contributed by atoms with Gasteiger partial charge in [-0.05, 0) is 31.6 Å². The lowest BCUT2D eigenvalue weighted by Gasteiger charge is -2.31. The van der Waals surface area contributed by atoms with Gasteiger partial charge in [-0.1, -0.05) is 19.8 Å². The Labute approximate surface area is 122 Å². The summed E-state index contributed by atoms with van der Waals surface area (Å²) in [5.41, 5.74) is 0. The molecule has 2 unspecified atom stereocenters. The lowest BCUT2D eigenvalue weighted by Crippen LogP contribution is -2.48. The molecule has 2 N–H and O–H groups in total. The van der Waals surface area contributed by atoms with Gasteiger partial charge in [0.05, 0.1) is 0 Å². The highest BCUT2D eigenvalue weighted by Crippen LogP contribution is 2.24. The van der Waals surface area contributed by atoms with Gasteiger partial charge < -0.3 is 15.5 Å². The molecule has 2 saturated carbocycles. The summed E-state index contributed by atoms with van der Waals surface area (Å²) in [7, 11) is 3.53. The highest BCUT2D eigenvalue weighted by Gasteiger charge is 2.26. The van der Waals surface area contributed by atoms with Crippen molar-refractivity contribution in [2.45, 2.75) is 57.5 Å². The van der Waals surface area contributed by atoms with Crippen LogP contribution in [0, 0.1) is 5.92 Å². The Morgan fingerprint density at radius 3 is 2.45 bits per heavy atom. The second-order valence-electron chi connectivity index (χ2n) is 6.38. The van der Waals surface area contributed by atoms with Gasteiger partial charge in [0.15, 0.2) is 5.96 Å². The molecule has 5 heteroatoms. The van der Waals surface area contributed by atoms with Crippen molar-refractivity contribution in [2.24, 2.45) is 10.9 Å². The average Bonchev–Trinajstić information content (AvgIpc) is 3.22. The van der Waals surface area contributed by atoms with Crippen molar-refractivity contribution in [2.75, 3.05) is 20.6 Å². The van der Waals surface area contributed by atoms with Gasteiger partial charge in [-0.3, -0.25) is 4.79 Å². The summed E-state index contributed by atoms with van der Waals surface area (Å²) in [4.78, 5) is 17.7. The molecule has 2 rings (SSSR count). The highest BCUT2D eigenvalue weighted by molar-refractivity contribution is 5.85. The first-order valence-corrected chi connectivity index (χ1v) is 7.84. The molecule has 2 aliphatic rings. The van der Waals surface area contributed by atoms with E-state index >= 15 is 0 Å². The molecule has 1 amide bonds. The second-order valence-corrected chi connectivity index (χ2v) is 6.38. The van der Waals surface area contributed by atoms with Gasteiger partial charge in [0.2, 0.25) is 5.91 Å². The van der Waals surface area contributed by atoms with Crippen molar-refractivity contribution in [3.63, 3.8) is 0 Å². The molecule has 0 aromatic carbocycles. The predicted octanol–water partition coefficient (Wildman–Crippen LogP) is 1.35. The van der Waals surface area contributed by atoms with Crippen molar-refractivity contribution in [1.82, 2.24) is 15.5 Å². The van der Waals surface area contributed by atoms with E-state index in [2.05, 4.69) is 22.5 Å². The van der Waals surface area contributed by atoms with Gasteiger partial charge in [0.1, 0.15) is 6.54 Å². The third-order valence-electron chi connectivity index (χ3n) is 4.22. The molecule has 2 fully saturated rings. The van der Waals surface area contributed by atoms with Crippen molar-refractivity contribution < 1.29 is 4.79 Å². The maximum absolute atomic E-state index is 11.7. The minimum atomic E-state index is 0.0404. The molecular weight excluding hydrogens is 252 g/mol. The number of hydrogen-bond acceptors (Lipinski definition) is 2. The molecular formula is C15H28N4O. The maximum Gasteiger partial charge on any atom is 0.243 e. The molecule has 0 aliphatic heterocycles. The fourth-order valence-corrected chi connectivity index (χ4v) is 2.55. The Morgan fingerprint density at radius 2 is 1.85 bits per heavy atom. The van der Waals surface area contributed by atoms with Crippen molar-refractivity contribution in [1.29, 1.82) is 0 Å². The quantitative estimate of drug-likeness (QED) is 0.604. The average molecular weight is 280 g/mol. The third-order valence-corrected chi connectivity index (χ3v) is 4.22. The molecule has 5 nitrogen and oxygen atoms in total. The monoisotopic (exact) mass is 280 g/mol. The maximum atomic E-state index is 11.7. The van der Waals surface area contributed by atoms with Crippen LogP contribution in [0.4, 0.5) is 0 Å². The summed E-state index contributed by atoms with van der Waals surface area (Å²) in [6.07, 6.45) is 7.53. The number of likely N-dealkylation sites (N-methyl/N-ethyl adjacent to an activating group) is 1. The molecule has 0 saturated heterocycles. The van der Waals surface area contributed by atoms with E-state index in [-0.39, 0.29) is 12.5 Å². The van der Waals surface area contributed by atoms with Gasteiger partial charge >= 0.3 is 0 Å². The van der Waals surface area contributed by atoms with E-state index in [4.69, 9.17) is 0 Å². The van der Waals surface area contributed by atoms with Crippen LogP contribution in [-0.4, -0.2) is 49.5 Å². The van der Waals surface area contributed by atoms with Gasteiger partial charge in [0, 0.05) is 26.2 Å². The van der Waals surface area contributed by atoms with Crippen LogP contribution in [0.15, 0.2) is 4.99 Å². The summed E-state index contributed by atoms with van der Waals surface area (Å²) in [6, 6.07) is 1.04. The van der Waals surface area contributed by atoms with Crippen molar-refractivity contribution in [3.05, 3.63) is 0 Å². The first kappa shape index (κ1) is 15.1. The zero-order valence-electron chi connectivity index (χ0n) is 13.0. The van der Waals surface area contributed by atoms with Crippen molar-refractivity contribution in [3.8, 4) is 0 Å². The summed E-state index contributed by atoms with van der Waals surface area (Å²) in [5.74, 6) is 1.54. The largest absolute Gasteiger partial charge is 0.354 e. The number of carbonyl (C=O) groups excluding carboxylic acids is 1. The lowest BCUT2D eigenvalue weighted by atomic mass is 9.86. The predicted molar refractivity (Wildman–Crippen MR) is 81.7 cm³/mol. The van der Waals surface area contributed by atoms with Crippen LogP contribution in [0.25, 0.3) is 0 Å². The van der Waals surface area contributed by atoms with Crippen LogP contribution in [-0.2, 0) is 4.79 Å². The Hall–Kier alpha value is -1.26. The summed E-state index contributed by atoms with van der Waals surface area (Å²) in [5, 5.41) is 6.96. The van der Waals surface area contributed by atoms with Crippen LogP contribution in [0.3, 0.4) is 0 Å². The van der Waals surface area contributed by atoms with Gasteiger partial charge in [-0.25, -0.2) is 4.99 Å². The number of aliphatic imine (C=N–C) groups is 1. The SMILES string of the molecule is CC1CCCCC1NC(=NCC(=O)N(C)C)NC1CC1. The number of guanidine groups is 1. The van der Waals surface area contributed by atoms with Crippen LogP contribution >= 0.6 is 0 Å². The van der Waals surface area contributed by atoms with Gasteiger partial charge in [-0.15, -0.1) is 0 Å². The summed E-state index contributed by atoms with van der Waals surface area (Å²) >= 11 is 0. The number of rotatable bonds is 4. The Morgan fingerprint density at radius 1 is 1.15 bits per heavy atom. The topological polar surface area (TPSA) is 56.7 Å². The fourth-order valence-electron chi connectivity index (χ4n) is 2.55. The molecule has 2 aliphatic carbocycles. The Balaban J connectivity index is 1.91. The van der Waals surface area contributed by atoms with E-state index in [1.54, 1.807) is 19.0 Å². The summed E-state index contributed by atoms with van der Waals surface area (Å²) in [6.45, 7) is 2.52. The molecule has 0 heterocycles. The molecule has 2 atom stereocenters. The van der Waals surface area contributed by atoms with E-state index in [0.29, 0.717) is 18.0 Å². The molecule has 0 radical (unpaired) electrons. The van der Waals surface area contributed by atoms with Gasteiger partial charge in [0.25, 0.3) is 0 Å². The number of carbonyl (C=O) groups is 1. The smallest absolute Gasteiger partial charge is 0.243 e. The van der Waals surface area contributed by atoms with E-state index < -0.39 is 0 Å². The second kappa shape index (κ2) is 6.95. The first-order chi connectivity index (χ1) is 9.56. The summed E-state index contributed by atoms with van der Waals surface area (Å²) < 4.78 is 0. The lowest BCUT2D eigenvalue weighted by molar-refractivity contribution is -0.127. The number of nitrogens with zero attached hydrogens (tertiary/aromatic N) is 2. The zero-order chi connectivity index (χ0) is 14.5. The van der Waals surface area contributed by atoms with Crippen LogP contribution in [0.1, 0.15) is 45.4 Å². The molecule has 114 valence electrons. The van der Waals surface area contributed by atoms with Crippen molar-refractivity contribution >= 4 is 11.9 Å². The number of amides is 1. The normalized spacial score (nSPS) is 27.1. The Kier molecular flexibility index (Phi) is 5.26. The standard InChI is InChI=1S/C15H28N4O/c1-11-6-4-5-7-13(11)18-15(17-12-8-9-12)16-10-14(20)19(2)3/h11-13H,4-10H2,1-3H3,(H2,16,17,18). The zero-order valence-corrected chi connectivity index (χ0v) is 13.0. The molecule has 0 bridgehead atoms. The van der Waals surface area contributed by atoms with E-state index in [1.165, 1.54) is 38.5 Å². The molecule has 0 aromatic heterocycles. The molecule has 0 spiro atoms. The van der Waals surface area contributed by atoms with E-state index in [9.17, 15) is 4.79 Å². The van der Waals surface area contributed by atoms with Gasteiger partial charge in [-0.2, -0.15) is 0 Å². The van der Waals surface area contributed by atoms with E-state index in [1.807, 2.05) is 0 Å². The fraction of sp³-hybridized carbons (Fsp3) is 0.867. The van der Waals surface area contributed by atoms with E-state index in [0.717, 1.165) is 5.96 Å². The minimum Gasteiger partial charge on any atom is -0.354 e. The van der Waals surface area contributed by atoms with Crippen LogP contribution < -0.4 is 10.6 Å². The molecule has 20 heavy (non-hydrogen) atoms. The minimum absolute atomic E-state index is 0.0404. The number of hydrogen-bond donors (Lipinski definition) is 2. The van der Waals surface area contributed by atoms with Crippen LogP contribution in [0.2, 0.25) is 0 Å². The highest BCUT2D eigenvalue weighted by atomic mass is 16.2. The molecule has 0 aromatic rings. The van der Waals surface area contributed by atoms with Crippen LogP contribution in [0.5, 0.6) is 0 Å².